The monoisotopic (exact) mass is 285 g/mol. The molecule has 2 aromatic rings. The van der Waals surface area contributed by atoms with Gasteiger partial charge < -0.3 is 9.84 Å². The van der Waals surface area contributed by atoms with Crippen LogP contribution in [0.15, 0.2) is 54.6 Å². The van der Waals surface area contributed by atoms with Gasteiger partial charge in [-0.1, -0.05) is 42.5 Å². The topological polar surface area (TPSA) is 32.7 Å². The van der Waals surface area contributed by atoms with Gasteiger partial charge in [0.1, 0.15) is 5.75 Å². The van der Waals surface area contributed by atoms with E-state index in [0.29, 0.717) is 0 Å². The summed E-state index contributed by atoms with van der Waals surface area (Å²) >= 11 is 0. The highest BCUT2D eigenvalue weighted by atomic mass is 16.5. The van der Waals surface area contributed by atoms with Crippen LogP contribution in [0.1, 0.15) is 23.6 Å². The normalized spacial score (nSPS) is 12.4. The van der Waals surface area contributed by atoms with Gasteiger partial charge in [0.05, 0.1) is 7.11 Å². The van der Waals surface area contributed by atoms with Crippen molar-refractivity contribution in [1.82, 2.24) is 4.90 Å². The van der Waals surface area contributed by atoms with E-state index in [9.17, 15) is 5.11 Å². The Morgan fingerprint density at radius 2 is 1.86 bits per heavy atom. The average molecular weight is 285 g/mol. The molecule has 1 unspecified atom stereocenters. The lowest BCUT2D eigenvalue weighted by Gasteiger charge is -2.28. The van der Waals surface area contributed by atoms with Crippen molar-refractivity contribution in [1.29, 1.82) is 0 Å². The summed E-state index contributed by atoms with van der Waals surface area (Å²) in [6, 6.07) is 18.6. The third kappa shape index (κ3) is 4.31. The van der Waals surface area contributed by atoms with E-state index in [1.807, 2.05) is 30.3 Å². The highest BCUT2D eigenvalue weighted by Gasteiger charge is 2.16. The zero-order valence-corrected chi connectivity index (χ0v) is 12.7. The summed E-state index contributed by atoms with van der Waals surface area (Å²) < 4.78 is 5.27. The highest BCUT2D eigenvalue weighted by Crippen LogP contribution is 2.25. The van der Waals surface area contributed by atoms with Crippen LogP contribution < -0.4 is 4.74 Å². The van der Waals surface area contributed by atoms with Crippen molar-refractivity contribution >= 4 is 0 Å². The number of aliphatic hydroxyl groups is 1. The Labute approximate surface area is 126 Å². The molecule has 0 spiro atoms. The quantitative estimate of drug-likeness (QED) is 0.847. The highest BCUT2D eigenvalue weighted by molar-refractivity contribution is 5.28. The minimum atomic E-state index is 0.183. The zero-order valence-electron chi connectivity index (χ0n) is 12.7. The second-order valence-corrected chi connectivity index (χ2v) is 5.21. The molecule has 3 heteroatoms. The summed E-state index contributed by atoms with van der Waals surface area (Å²) in [4.78, 5) is 2.26. The molecule has 3 nitrogen and oxygen atoms in total. The first kappa shape index (κ1) is 15.5. The van der Waals surface area contributed by atoms with Gasteiger partial charge in [0.2, 0.25) is 0 Å². The number of aliphatic hydroxyl groups excluding tert-OH is 1. The second kappa shape index (κ2) is 7.81. The van der Waals surface area contributed by atoms with Gasteiger partial charge in [0, 0.05) is 19.2 Å². The number of ether oxygens (including phenoxy) is 1. The molecular weight excluding hydrogens is 262 g/mol. The Morgan fingerprint density at radius 1 is 1.10 bits per heavy atom. The van der Waals surface area contributed by atoms with Gasteiger partial charge in [-0.3, -0.25) is 4.90 Å². The Bertz CT molecular complexity index is 542. The third-order valence-electron chi connectivity index (χ3n) is 3.69. The van der Waals surface area contributed by atoms with E-state index in [4.69, 9.17) is 4.74 Å². The minimum absolute atomic E-state index is 0.183. The van der Waals surface area contributed by atoms with Crippen LogP contribution in [-0.4, -0.2) is 30.8 Å². The second-order valence-electron chi connectivity index (χ2n) is 5.21. The lowest BCUT2D eigenvalue weighted by molar-refractivity contribution is 0.180. The van der Waals surface area contributed by atoms with Crippen molar-refractivity contribution in [3.05, 3.63) is 65.7 Å². The fourth-order valence-electron chi connectivity index (χ4n) is 2.61. The molecule has 0 saturated heterocycles. The molecule has 0 aliphatic carbocycles. The van der Waals surface area contributed by atoms with Crippen LogP contribution in [0.4, 0.5) is 0 Å². The van der Waals surface area contributed by atoms with Gasteiger partial charge in [-0.05, 0) is 36.7 Å². The smallest absolute Gasteiger partial charge is 0.119 e. The molecule has 0 aromatic heterocycles. The zero-order chi connectivity index (χ0) is 15.1. The number of hydrogen-bond acceptors (Lipinski definition) is 3. The molecule has 0 fully saturated rings. The summed E-state index contributed by atoms with van der Waals surface area (Å²) in [7, 11) is 3.77. The largest absolute Gasteiger partial charge is 0.497 e. The van der Waals surface area contributed by atoms with Gasteiger partial charge in [-0.2, -0.15) is 0 Å². The van der Waals surface area contributed by atoms with E-state index in [2.05, 4.69) is 36.2 Å². The van der Waals surface area contributed by atoms with Crippen molar-refractivity contribution < 1.29 is 9.84 Å². The van der Waals surface area contributed by atoms with Crippen molar-refractivity contribution in [2.45, 2.75) is 19.0 Å². The Kier molecular flexibility index (Phi) is 5.78. The van der Waals surface area contributed by atoms with Gasteiger partial charge >= 0.3 is 0 Å². The molecule has 0 radical (unpaired) electrons. The molecule has 21 heavy (non-hydrogen) atoms. The van der Waals surface area contributed by atoms with E-state index < -0.39 is 0 Å². The lowest BCUT2D eigenvalue weighted by Crippen LogP contribution is -2.25. The van der Waals surface area contributed by atoms with E-state index in [0.717, 1.165) is 18.7 Å². The molecule has 1 N–H and O–H groups in total. The van der Waals surface area contributed by atoms with E-state index in [1.165, 1.54) is 11.1 Å². The lowest BCUT2D eigenvalue weighted by atomic mass is 10.0. The number of hydrogen-bond donors (Lipinski definition) is 1. The molecule has 0 bridgehead atoms. The Hall–Kier alpha value is -1.84. The van der Waals surface area contributed by atoms with Gasteiger partial charge in [0.25, 0.3) is 0 Å². The Balaban J connectivity index is 2.13. The number of methoxy groups -OCH3 is 1. The van der Waals surface area contributed by atoms with Gasteiger partial charge in [-0.25, -0.2) is 0 Å². The van der Waals surface area contributed by atoms with Crippen LogP contribution in [0.25, 0.3) is 0 Å². The van der Waals surface area contributed by atoms with Crippen molar-refractivity contribution in [3.63, 3.8) is 0 Å². The van der Waals surface area contributed by atoms with Gasteiger partial charge in [-0.15, -0.1) is 0 Å². The molecular formula is C18H23NO2. The van der Waals surface area contributed by atoms with E-state index >= 15 is 0 Å². The SMILES string of the molecule is COc1cccc(CN(C)C(CCO)c2ccccc2)c1. The Morgan fingerprint density at radius 3 is 2.52 bits per heavy atom. The standard InChI is InChI=1S/C18H23NO2/c1-19(14-15-7-6-10-17(13-15)21-2)18(11-12-20)16-8-4-3-5-9-16/h3-10,13,18,20H,11-12,14H2,1-2H3. The average Bonchev–Trinajstić information content (AvgIpc) is 2.53. The van der Waals surface area contributed by atoms with Crippen LogP contribution in [0, 0.1) is 0 Å². The van der Waals surface area contributed by atoms with Crippen molar-refractivity contribution in [2.75, 3.05) is 20.8 Å². The van der Waals surface area contributed by atoms with Crippen LogP contribution >= 0.6 is 0 Å². The van der Waals surface area contributed by atoms with Crippen LogP contribution in [0.2, 0.25) is 0 Å². The number of nitrogens with zero attached hydrogens (tertiary/aromatic N) is 1. The predicted octanol–water partition coefficient (Wildman–Crippen LogP) is 3.25. The maximum atomic E-state index is 9.35. The first-order chi connectivity index (χ1) is 10.2. The minimum Gasteiger partial charge on any atom is -0.497 e. The fraction of sp³-hybridized carbons (Fsp3) is 0.333. The third-order valence-corrected chi connectivity index (χ3v) is 3.69. The first-order valence-electron chi connectivity index (χ1n) is 7.23. The molecule has 0 aliphatic rings. The first-order valence-corrected chi connectivity index (χ1v) is 7.23. The number of benzene rings is 2. The maximum Gasteiger partial charge on any atom is 0.119 e. The summed E-state index contributed by atoms with van der Waals surface area (Å²) in [5.74, 6) is 0.874. The molecule has 0 amide bonds. The fourth-order valence-corrected chi connectivity index (χ4v) is 2.61. The summed E-state index contributed by atoms with van der Waals surface area (Å²) in [6.45, 7) is 0.999. The molecule has 1 atom stereocenters. The molecule has 2 rings (SSSR count). The van der Waals surface area contributed by atoms with Crippen molar-refractivity contribution in [2.24, 2.45) is 0 Å². The van der Waals surface area contributed by atoms with Crippen molar-refractivity contribution in [3.8, 4) is 5.75 Å². The summed E-state index contributed by atoms with van der Waals surface area (Å²) in [5, 5.41) is 9.35. The predicted molar refractivity (Wildman–Crippen MR) is 85.3 cm³/mol. The summed E-state index contributed by atoms with van der Waals surface area (Å²) in [6.07, 6.45) is 0.727. The van der Waals surface area contributed by atoms with Crippen LogP contribution in [-0.2, 0) is 6.54 Å². The van der Waals surface area contributed by atoms with Gasteiger partial charge in [0.15, 0.2) is 0 Å². The molecule has 112 valence electrons. The molecule has 0 aliphatic heterocycles. The summed E-state index contributed by atoms with van der Waals surface area (Å²) in [5.41, 5.74) is 2.44. The molecule has 2 aromatic carbocycles. The van der Waals surface area contributed by atoms with Crippen LogP contribution in [0.5, 0.6) is 5.75 Å². The maximum absolute atomic E-state index is 9.35. The van der Waals surface area contributed by atoms with Crippen LogP contribution in [0.3, 0.4) is 0 Å². The van der Waals surface area contributed by atoms with E-state index in [1.54, 1.807) is 7.11 Å². The molecule has 0 saturated carbocycles. The van der Waals surface area contributed by atoms with E-state index in [-0.39, 0.29) is 12.6 Å². The molecule has 0 heterocycles. The number of rotatable bonds is 7.